The molecule has 0 heterocycles. The van der Waals surface area contributed by atoms with Gasteiger partial charge in [0, 0.05) is 6.92 Å². The third-order valence-corrected chi connectivity index (χ3v) is 1.05. The lowest BCUT2D eigenvalue weighted by atomic mass is 10.1. The Balaban J connectivity index is 4.13. The second kappa shape index (κ2) is 2.82. The van der Waals surface area contributed by atoms with Gasteiger partial charge in [-0.15, -0.1) is 0 Å². The molecule has 0 saturated heterocycles. The van der Waals surface area contributed by atoms with Crippen molar-refractivity contribution in [2.45, 2.75) is 26.4 Å². The normalized spacial score (nSPS) is 10.8. The van der Waals surface area contributed by atoms with Crippen molar-refractivity contribution < 1.29 is 13.9 Å². The molecule has 0 N–H and O–H groups in total. The number of halogens is 1. The Hall–Kier alpha value is -0.860. The Kier molecular flexibility index (Phi) is 2.57. The topological polar surface area (TPSA) is 26.3 Å². The van der Waals surface area contributed by atoms with Crippen LogP contribution in [-0.2, 0) is 9.53 Å². The molecule has 0 aromatic rings. The first-order valence-corrected chi connectivity index (χ1v) is 2.90. The number of esters is 1. The van der Waals surface area contributed by atoms with Crippen LogP contribution in [-0.4, -0.2) is 11.6 Å². The first kappa shape index (κ1) is 9.14. The molecule has 0 rings (SSSR count). The van der Waals surface area contributed by atoms with E-state index in [2.05, 4.69) is 11.3 Å². The third-order valence-electron chi connectivity index (χ3n) is 1.05. The fourth-order valence-corrected chi connectivity index (χ4v) is 0.415. The fourth-order valence-electron chi connectivity index (χ4n) is 0.415. The zero-order valence-corrected chi connectivity index (χ0v) is 6.40. The highest BCUT2D eigenvalue weighted by molar-refractivity contribution is 5.66. The van der Waals surface area contributed by atoms with Crippen molar-refractivity contribution in [2.24, 2.45) is 0 Å². The second-order valence-corrected chi connectivity index (χ2v) is 2.51. The van der Waals surface area contributed by atoms with Gasteiger partial charge in [-0.05, 0) is 13.8 Å². The smallest absolute Gasteiger partial charge is 0.303 e. The van der Waals surface area contributed by atoms with E-state index in [0.717, 1.165) is 0 Å². The zero-order valence-electron chi connectivity index (χ0n) is 6.40. The fraction of sp³-hybridized carbons (Fsp3) is 0.571. The molecule has 0 spiro atoms. The minimum Gasteiger partial charge on any atom is -0.453 e. The van der Waals surface area contributed by atoms with Gasteiger partial charge in [-0.3, -0.25) is 4.79 Å². The van der Waals surface area contributed by atoms with Crippen LogP contribution in [0.1, 0.15) is 20.8 Å². The average molecular weight is 146 g/mol. The molecule has 0 atom stereocenters. The Morgan fingerprint density at radius 2 is 2.00 bits per heavy atom. The summed E-state index contributed by atoms with van der Waals surface area (Å²) in [6, 6.07) is 0. The summed E-state index contributed by atoms with van der Waals surface area (Å²) in [4.78, 5) is 10.3. The van der Waals surface area contributed by atoms with Gasteiger partial charge in [0.1, 0.15) is 5.83 Å². The molecule has 58 valence electrons. The van der Waals surface area contributed by atoms with Gasteiger partial charge in [0.05, 0.1) is 0 Å². The van der Waals surface area contributed by atoms with E-state index in [9.17, 15) is 9.18 Å². The highest BCUT2D eigenvalue weighted by Gasteiger charge is 2.24. The highest BCUT2D eigenvalue weighted by Crippen LogP contribution is 2.19. The Labute approximate surface area is 59.7 Å². The van der Waals surface area contributed by atoms with Crippen LogP contribution in [0.15, 0.2) is 12.4 Å². The number of carbonyl (C=O) groups is 1. The second-order valence-electron chi connectivity index (χ2n) is 2.51. The summed E-state index contributed by atoms with van der Waals surface area (Å²) < 4.78 is 17.0. The van der Waals surface area contributed by atoms with Crippen molar-refractivity contribution in [2.75, 3.05) is 0 Å². The van der Waals surface area contributed by atoms with Crippen molar-refractivity contribution in [3.05, 3.63) is 12.4 Å². The van der Waals surface area contributed by atoms with E-state index in [4.69, 9.17) is 0 Å². The zero-order chi connectivity index (χ0) is 8.36. The molecule has 0 radical (unpaired) electrons. The molecule has 0 amide bonds. The molecule has 2 nitrogen and oxygen atoms in total. The average Bonchev–Trinajstić information content (AvgIpc) is 1.60. The van der Waals surface area contributed by atoms with Crippen LogP contribution in [0.3, 0.4) is 0 Å². The summed E-state index contributed by atoms with van der Waals surface area (Å²) in [5.74, 6) is -1.16. The predicted molar refractivity (Wildman–Crippen MR) is 36.1 cm³/mol. The van der Waals surface area contributed by atoms with Crippen LogP contribution >= 0.6 is 0 Å². The van der Waals surface area contributed by atoms with Crippen molar-refractivity contribution in [1.29, 1.82) is 0 Å². The molecule has 3 heteroatoms. The first-order valence-electron chi connectivity index (χ1n) is 2.90. The molecular weight excluding hydrogens is 135 g/mol. The van der Waals surface area contributed by atoms with Gasteiger partial charge in [0.25, 0.3) is 0 Å². The van der Waals surface area contributed by atoms with Gasteiger partial charge < -0.3 is 4.74 Å². The number of rotatable bonds is 2. The van der Waals surface area contributed by atoms with E-state index in [1.54, 1.807) is 0 Å². The van der Waals surface area contributed by atoms with E-state index >= 15 is 0 Å². The van der Waals surface area contributed by atoms with Crippen LogP contribution in [0.25, 0.3) is 0 Å². The molecule has 10 heavy (non-hydrogen) atoms. The van der Waals surface area contributed by atoms with Gasteiger partial charge in [0.2, 0.25) is 0 Å². The molecule has 0 aliphatic rings. The largest absolute Gasteiger partial charge is 0.453 e. The lowest BCUT2D eigenvalue weighted by molar-refractivity contribution is -0.151. The van der Waals surface area contributed by atoms with Gasteiger partial charge in [0.15, 0.2) is 5.60 Å². The van der Waals surface area contributed by atoms with Crippen LogP contribution in [0.4, 0.5) is 4.39 Å². The molecule has 0 fully saturated rings. The standard InChI is InChI=1S/C7H11FO2/c1-5(8)7(3,4)10-6(2)9/h1H2,2-4H3. The molecule has 0 saturated carbocycles. The van der Waals surface area contributed by atoms with E-state index in [1.165, 1.54) is 20.8 Å². The lowest BCUT2D eigenvalue weighted by Crippen LogP contribution is -2.27. The van der Waals surface area contributed by atoms with Crippen molar-refractivity contribution in [3.63, 3.8) is 0 Å². The summed E-state index contributed by atoms with van der Waals surface area (Å²) in [5.41, 5.74) is -1.19. The monoisotopic (exact) mass is 146 g/mol. The molecule has 0 bridgehead atoms. The highest BCUT2D eigenvalue weighted by atomic mass is 19.1. The van der Waals surface area contributed by atoms with E-state index in [1.807, 2.05) is 0 Å². The number of hydrogen-bond acceptors (Lipinski definition) is 2. The van der Waals surface area contributed by atoms with Gasteiger partial charge in [-0.25, -0.2) is 4.39 Å². The lowest BCUT2D eigenvalue weighted by Gasteiger charge is -2.21. The van der Waals surface area contributed by atoms with E-state index < -0.39 is 17.4 Å². The molecule has 0 aromatic heterocycles. The van der Waals surface area contributed by atoms with Crippen LogP contribution < -0.4 is 0 Å². The Morgan fingerprint density at radius 3 is 2.10 bits per heavy atom. The Morgan fingerprint density at radius 1 is 1.60 bits per heavy atom. The van der Waals surface area contributed by atoms with Crippen LogP contribution in [0, 0.1) is 0 Å². The van der Waals surface area contributed by atoms with E-state index in [-0.39, 0.29) is 0 Å². The van der Waals surface area contributed by atoms with Gasteiger partial charge in [-0.1, -0.05) is 6.58 Å². The van der Waals surface area contributed by atoms with Gasteiger partial charge >= 0.3 is 5.97 Å². The SMILES string of the molecule is C=C(F)C(C)(C)OC(C)=O. The molecule has 0 aliphatic heterocycles. The predicted octanol–water partition coefficient (Wildman–Crippen LogP) is 1.81. The number of carbonyl (C=O) groups excluding carboxylic acids is 1. The van der Waals surface area contributed by atoms with Gasteiger partial charge in [-0.2, -0.15) is 0 Å². The minimum atomic E-state index is -1.19. The number of ether oxygens (including phenoxy) is 1. The first-order chi connectivity index (χ1) is 4.36. The summed E-state index contributed by atoms with van der Waals surface area (Å²) >= 11 is 0. The van der Waals surface area contributed by atoms with Crippen LogP contribution in [0.2, 0.25) is 0 Å². The Bertz CT molecular complexity index is 161. The summed E-state index contributed by atoms with van der Waals surface area (Å²) in [7, 11) is 0. The van der Waals surface area contributed by atoms with Crippen LogP contribution in [0.5, 0.6) is 0 Å². The molecular formula is C7H11FO2. The third kappa shape index (κ3) is 2.62. The van der Waals surface area contributed by atoms with Crippen molar-refractivity contribution in [3.8, 4) is 0 Å². The summed E-state index contributed by atoms with van der Waals surface area (Å²) in [6.45, 7) is 7.15. The maximum absolute atomic E-state index is 12.4. The summed E-state index contributed by atoms with van der Waals surface area (Å²) in [5, 5.41) is 0. The minimum absolute atomic E-state index is 0.510. The molecule has 0 unspecified atom stereocenters. The summed E-state index contributed by atoms with van der Waals surface area (Å²) in [6.07, 6.45) is 0. The number of hydrogen-bond donors (Lipinski definition) is 0. The van der Waals surface area contributed by atoms with Crippen molar-refractivity contribution in [1.82, 2.24) is 0 Å². The quantitative estimate of drug-likeness (QED) is 0.555. The maximum Gasteiger partial charge on any atom is 0.303 e. The van der Waals surface area contributed by atoms with Crippen molar-refractivity contribution >= 4 is 5.97 Å². The maximum atomic E-state index is 12.4. The molecule has 0 aromatic carbocycles. The molecule has 0 aliphatic carbocycles. The van der Waals surface area contributed by atoms with E-state index in [0.29, 0.717) is 0 Å².